The minimum atomic E-state index is -0.913. The number of benzene rings is 2. The molecule has 4 aromatic rings. The molecule has 0 spiro atoms. The lowest BCUT2D eigenvalue weighted by atomic mass is 10.0. The van der Waals surface area contributed by atoms with Gasteiger partial charge in [-0.25, -0.2) is 18.7 Å². The molecular formula is C30H26Cl2F2N6O4S2. The number of thiazole rings is 2. The average molecular weight is 708 g/mol. The molecule has 2 aromatic heterocycles. The standard InChI is InChI=1S/2C15H13ClFN3O2S/c2*1-15(2-3-18-14(15)22)20-12(21)11-7-19-13(23-11)8-4-9(16)6-10(17)5-8/h2*4-7H,2-3H2,1H3,(H,18,22)(H,20,21)/t2*15-/m10/s1. The summed E-state index contributed by atoms with van der Waals surface area (Å²) in [6.45, 7) is 4.43. The van der Waals surface area contributed by atoms with E-state index in [2.05, 4.69) is 31.2 Å². The Bertz CT molecular complexity index is 1680. The normalized spacial score (nSPS) is 20.4. The van der Waals surface area contributed by atoms with E-state index in [1.807, 2.05) is 0 Å². The molecule has 0 saturated carbocycles. The fourth-order valence-electron chi connectivity index (χ4n) is 4.71. The summed E-state index contributed by atoms with van der Waals surface area (Å²) in [5.74, 6) is -2.10. The van der Waals surface area contributed by atoms with Crippen molar-refractivity contribution in [3.05, 3.63) is 80.2 Å². The van der Waals surface area contributed by atoms with Gasteiger partial charge in [-0.1, -0.05) is 23.2 Å². The number of carbonyl (C=O) groups is 4. The molecule has 16 heteroatoms. The lowest BCUT2D eigenvalue weighted by Gasteiger charge is -2.21. The highest BCUT2D eigenvalue weighted by Gasteiger charge is 2.40. The van der Waals surface area contributed by atoms with Crippen molar-refractivity contribution >= 4 is 69.5 Å². The van der Waals surface area contributed by atoms with Crippen molar-refractivity contribution in [1.82, 2.24) is 31.2 Å². The summed E-state index contributed by atoms with van der Waals surface area (Å²) in [5.41, 5.74) is -0.819. The highest BCUT2D eigenvalue weighted by atomic mass is 35.5. The molecule has 2 aliphatic rings. The van der Waals surface area contributed by atoms with Crippen LogP contribution in [0, 0.1) is 11.6 Å². The molecule has 240 valence electrons. The molecule has 2 aliphatic heterocycles. The summed E-state index contributed by atoms with van der Waals surface area (Å²) in [7, 11) is 0. The van der Waals surface area contributed by atoms with Crippen molar-refractivity contribution in [3.8, 4) is 21.1 Å². The van der Waals surface area contributed by atoms with Crippen LogP contribution < -0.4 is 21.3 Å². The van der Waals surface area contributed by atoms with Crippen LogP contribution in [0.15, 0.2) is 48.8 Å². The Morgan fingerprint density at radius 1 is 0.739 bits per heavy atom. The number of hydrogen-bond acceptors (Lipinski definition) is 8. The van der Waals surface area contributed by atoms with E-state index in [9.17, 15) is 28.0 Å². The number of halogens is 4. The van der Waals surface area contributed by atoms with E-state index < -0.39 is 22.7 Å². The first-order valence-electron chi connectivity index (χ1n) is 13.8. The van der Waals surface area contributed by atoms with Gasteiger partial charge in [-0.3, -0.25) is 19.2 Å². The van der Waals surface area contributed by atoms with Gasteiger partial charge in [0, 0.05) is 34.3 Å². The maximum atomic E-state index is 13.4. The molecule has 0 bridgehead atoms. The monoisotopic (exact) mass is 706 g/mol. The summed E-state index contributed by atoms with van der Waals surface area (Å²) in [4.78, 5) is 57.1. The second-order valence-corrected chi connectivity index (χ2v) is 13.9. The van der Waals surface area contributed by atoms with Crippen LogP contribution in [0.1, 0.15) is 46.0 Å². The molecule has 4 N–H and O–H groups in total. The number of hydrogen-bond donors (Lipinski definition) is 4. The van der Waals surface area contributed by atoms with Gasteiger partial charge in [0.25, 0.3) is 11.8 Å². The van der Waals surface area contributed by atoms with Crippen LogP contribution in [-0.2, 0) is 9.59 Å². The van der Waals surface area contributed by atoms with Crippen LogP contribution in [-0.4, -0.2) is 57.8 Å². The summed E-state index contributed by atoms with van der Waals surface area (Å²) < 4.78 is 26.8. The Kier molecular flexibility index (Phi) is 9.73. The third-order valence-corrected chi connectivity index (χ3v) is 9.81. The first kappa shape index (κ1) is 33.4. The number of aromatic nitrogens is 2. The second kappa shape index (κ2) is 13.4. The van der Waals surface area contributed by atoms with Gasteiger partial charge in [0.1, 0.15) is 42.5 Å². The number of nitrogens with zero attached hydrogens (tertiary/aromatic N) is 2. The zero-order chi connectivity index (χ0) is 33.2. The summed E-state index contributed by atoms with van der Waals surface area (Å²) in [6.07, 6.45) is 3.88. The molecule has 0 aliphatic carbocycles. The highest BCUT2D eigenvalue weighted by molar-refractivity contribution is 7.17. The Labute approximate surface area is 279 Å². The molecule has 0 radical (unpaired) electrons. The van der Waals surface area contributed by atoms with Gasteiger partial charge in [-0.05, 0) is 63.1 Å². The Morgan fingerprint density at radius 3 is 1.46 bits per heavy atom. The van der Waals surface area contributed by atoms with Crippen LogP contribution in [0.2, 0.25) is 10.0 Å². The Balaban J connectivity index is 0.000000181. The first-order chi connectivity index (χ1) is 21.7. The van der Waals surface area contributed by atoms with Crippen molar-refractivity contribution in [2.75, 3.05) is 13.1 Å². The number of nitrogens with one attached hydrogen (secondary N) is 4. The SMILES string of the molecule is C[C@@]1(NC(=O)c2cnc(-c3cc(F)cc(Cl)c3)s2)CCNC1=O.C[C@]1(NC(=O)c2cnc(-c3cc(F)cc(Cl)c3)s2)CCNC1=O. The fraction of sp³-hybridized carbons (Fsp3) is 0.267. The van der Waals surface area contributed by atoms with Crippen molar-refractivity contribution in [1.29, 1.82) is 0 Å². The molecule has 2 saturated heterocycles. The zero-order valence-corrected chi connectivity index (χ0v) is 27.4. The predicted molar refractivity (Wildman–Crippen MR) is 172 cm³/mol. The van der Waals surface area contributed by atoms with Crippen molar-refractivity contribution in [3.63, 3.8) is 0 Å². The molecule has 10 nitrogen and oxygen atoms in total. The van der Waals surface area contributed by atoms with E-state index in [4.69, 9.17) is 23.2 Å². The van der Waals surface area contributed by atoms with Gasteiger partial charge >= 0.3 is 0 Å². The van der Waals surface area contributed by atoms with Crippen molar-refractivity contribution < 1.29 is 28.0 Å². The molecule has 2 atom stereocenters. The van der Waals surface area contributed by atoms with Gasteiger partial charge in [0.2, 0.25) is 11.8 Å². The topological polar surface area (TPSA) is 142 Å². The Hall–Kier alpha value is -3.98. The molecular weight excluding hydrogens is 681 g/mol. The van der Waals surface area contributed by atoms with Crippen LogP contribution in [0.3, 0.4) is 0 Å². The third kappa shape index (κ3) is 7.52. The van der Waals surface area contributed by atoms with Crippen molar-refractivity contribution in [2.24, 2.45) is 0 Å². The van der Waals surface area contributed by atoms with E-state index in [-0.39, 0.29) is 33.7 Å². The van der Waals surface area contributed by atoms with Crippen LogP contribution >= 0.6 is 45.9 Å². The summed E-state index contributed by atoms with van der Waals surface area (Å²) in [6, 6.07) is 8.17. The van der Waals surface area contributed by atoms with E-state index in [1.54, 1.807) is 26.0 Å². The van der Waals surface area contributed by atoms with E-state index >= 15 is 0 Å². The first-order valence-corrected chi connectivity index (χ1v) is 16.2. The van der Waals surface area contributed by atoms with Crippen LogP contribution in [0.25, 0.3) is 21.1 Å². The van der Waals surface area contributed by atoms with E-state index in [0.29, 0.717) is 56.8 Å². The lowest BCUT2D eigenvalue weighted by Crippen LogP contribution is -2.51. The van der Waals surface area contributed by atoms with Gasteiger partial charge in [0.05, 0.1) is 12.4 Å². The van der Waals surface area contributed by atoms with Crippen LogP contribution in [0.4, 0.5) is 8.78 Å². The van der Waals surface area contributed by atoms with E-state index in [1.165, 1.54) is 36.7 Å². The van der Waals surface area contributed by atoms with Crippen LogP contribution in [0.5, 0.6) is 0 Å². The second-order valence-electron chi connectivity index (χ2n) is 11.0. The lowest BCUT2D eigenvalue weighted by molar-refractivity contribution is -0.124. The molecule has 2 aromatic carbocycles. The quantitative estimate of drug-likeness (QED) is 0.217. The third-order valence-electron chi connectivity index (χ3n) is 7.28. The molecule has 46 heavy (non-hydrogen) atoms. The zero-order valence-electron chi connectivity index (χ0n) is 24.3. The summed E-state index contributed by atoms with van der Waals surface area (Å²) >= 11 is 13.9. The minimum absolute atomic E-state index is 0.201. The smallest absolute Gasteiger partial charge is 0.263 e. The average Bonchev–Trinajstić information content (AvgIpc) is 3.77. The number of carbonyl (C=O) groups excluding carboxylic acids is 4. The van der Waals surface area contributed by atoms with Gasteiger partial charge in [-0.15, -0.1) is 22.7 Å². The maximum Gasteiger partial charge on any atom is 0.263 e. The summed E-state index contributed by atoms with van der Waals surface area (Å²) in [5, 5.41) is 12.3. The molecule has 6 rings (SSSR count). The molecule has 4 amide bonds. The largest absolute Gasteiger partial charge is 0.354 e. The van der Waals surface area contributed by atoms with Gasteiger partial charge in [-0.2, -0.15) is 0 Å². The fourth-order valence-corrected chi connectivity index (χ4v) is 6.75. The van der Waals surface area contributed by atoms with Gasteiger partial charge < -0.3 is 21.3 Å². The van der Waals surface area contributed by atoms with Gasteiger partial charge in [0.15, 0.2) is 0 Å². The van der Waals surface area contributed by atoms with Crippen molar-refractivity contribution in [2.45, 2.75) is 37.8 Å². The minimum Gasteiger partial charge on any atom is -0.354 e. The maximum absolute atomic E-state index is 13.4. The Morgan fingerprint density at radius 2 is 1.13 bits per heavy atom. The molecule has 2 fully saturated rings. The predicted octanol–water partition coefficient (Wildman–Crippen LogP) is 5.22. The number of rotatable bonds is 6. The molecule has 0 unspecified atom stereocenters. The highest BCUT2D eigenvalue weighted by Crippen LogP contribution is 2.30. The van der Waals surface area contributed by atoms with E-state index in [0.717, 1.165) is 22.7 Å². The molecule has 4 heterocycles. The number of amides is 4.